The number of nitrogens with one attached hydrogen (secondary N) is 2. The molecule has 0 aromatic rings. The zero-order valence-corrected chi connectivity index (χ0v) is 12.6. The highest BCUT2D eigenvalue weighted by Crippen LogP contribution is 2.21. The van der Waals surface area contributed by atoms with Crippen LogP contribution in [0.3, 0.4) is 0 Å². The fraction of sp³-hybridized carbons (Fsp3) is 0.938. The van der Waals surface area contributed by atoms with Crippen molar-refractivity contribution in [3.8, 4) is 0 Å². The molecule has 0 spiro atoms. The third kappa shape index (κ3) is 4.19. The van der Waals surface area contributed by atoms with Crippen LogP contribution in [-0.2, 0) is 4.79 Å². The maximum Gasteiger partial charge on any atom is 0.234 e. The topological polar surface area (TPSA) is 44.4 Å². The molecule has 2 aliphatic carbocycles. The monoisotopic (exact) mass is 279 g/mol. The first-order valence-corrected chi connectivity index (χ1v) is 8.58. The predicted molar refractivity (Wildman–Crippen MR) is 80.6 cm³/mol. The van der Waals surface area contributed by atoms with Gasteiger partial charge in [-0.3, -0.25) is 9.69 Å². The number of piperidine rings is 1. The van der Waals surface area contributed by atoms with Crippen molar-refractivity contribution in [2.75, 3.05) is 19.6 Å². The molecule has 0 aromatic carbocycles. The number of carbonyl (C=O) groups is 1. The molecule has 3 rings (SSSR count). The highest BCUT2D eigenvalue weighted by Gasteiger charge is 2.28. The fourth-order valence-corrected chi connectivity index (χ4v) is 3.62. The first-order valence-electron chi connectivity index (χ1n) is 8.58. The van der Waals surface area contributed by atoms with Gasteiger partial charge in [-0.25, -0.2) is 0 Å². The van der Waals surface area contributed by atoms with Crippen LogP contribution in [0.5, 0.6) is 0 Å². The van der Waals surface area contributed by atoms with Crippen molar-refractivity contribution in [3.05, 3.63) is 0 Å². The van der Waals surface area contributed by atoms with E-state index in [0.29, 0.717) is 18.6 Å². The Morgan fingerprint density at radius 1 is 0.950 bits per heavy atom. The minimum absolute atomic E-state index is 0.246. The van der Waals surface area contributed by atoms with Crippen molar-refractivity contribution in [2.24, 2.45) is 0 Å². The van der Waals surface area contributed by atoms with Gasteiger partial charge in [-0.15, -0.1) is 0 Å². The van der Waals surface area contributed by atoms with Crippen LogP contribution in [0.25, 0.3) is 0 Å². The molecule has 4 nitrogen and oxygen atoms in total. The summed E-state index contributed by atoms with van der Waals surface area (Å²) in [5.41, 5.74) is 0. The molecule has 114 valence electrons. The molecule has 0 aromatic heterocycles. The molecule has 3 aliphatic rings. The van der Waals surface area contributed by atoms with E-state index in [1.54, 1.807) is 0 Å². The molecule has 0 radical (unpaired) electrons. The molecule has 3 fully saturated rings. The minimum Gasteiger partial charge on any atom is -0.352 e. The van der Waals surface area contributed by atoms with E-state index in [0.717, 1.165) is 19.1 Å². The minimum atomic E-state index is 0.246. The van der Waals surface area contributed by atoms with Crippen LogP contribution in [0.4, 0.5) is 0 Å². The molecule has 1 unspecified atom stereocenters. The highest BCUT2D eigenvalue weighted by molar-refractivity contribution is 5.78. The SMILES string of the molecule is O=C(CN1CCCCC1CNC1CC1)NC1CCCC1. The lowest BCUT2D eigenvalue weighted by Gasteiger charge is -2.35. The molecule has 1 atom stereocenters. The molecule has 2 N–H and O–H groups in total. The van der Waals surface area contributed by atoms with Gasteiger partial charge in [-0.05, 0) is 45.1 Å². The second-order valence-electron chi connectivity index (χ2n) is 6.85. The van der Waals surface area contributed by atoms with Crippen LogP contribution in [0.2, 0.25) is 0 Å². The quantitative estimate of drug-likeness (QED) is 0.777. The zero-order valence-electron chi connectivity index (χ0n) is 12.6. The summed E-state index contributed by atoms with van der Waals surface area (Å²) in [5.74, 6) is 0.246. The first kappa shape index (κ1) is 14.3. The number of hydrogen-bond donors (Lipinski definition) is 2. The maximum absolute atomic E-state index is 12.2. The van der Waals surface area contributed by atoms with Gasteiger partial charge in [0.25, 0.3) is 0 Å². The number of carbonyl (C=O) groups excluding carboxylic acids is 1. The Labute approximate surface area is 122 Å². The summed E-state index contributed by atoms with van der Waals surface area (Å²) in [7, 11) is 0. The standard InChI is InChI=1S/C16H29N3O/c20-16(18-14-5-1-2-6-14)12-19-10-4-3-7-15(19)11-17-13-8-9-13/h13-15,17H,1-12H2,(H,18,20). The Bertz CT molecular complexity index is 324. The van der Waals surface area contributed by atoms with E-state index in [2.05, 4.69) is 15.5 Å². The smallest absolute Gasteiger partial charge is 0.234 e. The molecule has 20 heavy (non-hydrogen) atoms. The average molecular weight is 279 g/mol. The van der Waals surface area contributed by atoms with Crippen molar-refractivity contribution in [1.82, 2.24) is 15.5 Å². The fourth-order valence-electron chi connectivity index (χ4n) is 3.62. The average Bonchev–Trinajstić information content (AvgIpc) is 3.14. The van der Waals surface area contributed by atoms with Crippen molar-refractivity contribution < 1.29 is 4.79 Å². The van der Waals surface area contributed by atoms with E-state index in [4.69, 9.17) is 0 Å². The maximum atomic E-state index is 12.2. The Balaban J connectivity index is 1.43. The number of nitrogens with zero attached hydrogens (tertiary/aromatic N) is 1. The van der Waals surface area contributed by atoms with E-state index in [1.807, 2.05) is 0 Å². The number of likely N-dealkylation sites (tertiary alicyclic amines) is 1. The molecule has 1 aliphatic heterocycles. The van der Waals surface area contributed by atoms with Crippen LogP contribution in [0.1, 0.15) is 57.8 Å². The normalized spacial score (nSPS) is 28.7. The van der Waals surface area contributed by atoms with Gasteiger partial charge in [0.15, 0.2) is 0 Å². The summed E-state index contributed by atoms with van der Waals surface area (Å²) in [4.78, 5) is 14.6. The summed E-state index contributed by atoms with van der Waals surface area (Å²) in [5, 5.41) is 6.85. The number of amides is 1. The van der Waals surface area contributed by atoms with E-state index in [9.17, 15) is 4.79 Å². The van der Waals surface area contributed by atoms with Crippen LogP contribution in [0, 0.1) is 0 Å². The summed E-state index contributed by atoms with van der Waals surface area (Å²) >= 11 is 0. The third-order valence-electron chi connectivity index (χ3n) is 5.04. The highest BCUT2D eigenvalue weighted by atomic mass is 16.2. The Kier molecular flexibility index (Phi) is 4.94. The summed E-state index contributed by atoms with van der Waals surface area (Å²) < 4.78 is 0. The lowest BCUT2D eigenvalue weighted by Crippen LogP contribution is -2.50. The molecule has 4 heteroatoms. The Morgan fingerprint density at radius 3 is 2.45 bits per heavy atom. The van der Waals surface area contributed by atoms with Gasteiger partial charge < -0.3 is 10.6 Å². The second-order valence-corrected chi connectivity index (χ2v) is 6.85. The largest absolute Gasteiger partial charge is 0.352 e. The van der Waals surface area contributed by atoms with Gasteiger partial charge in [-0.1, -0.05) is 19.3 Å². The summed E-state index contributed by atoms with van der Waals surface area (Å²) in [6.07, 6.45) is 11.4. The molecular weight excluding hydrogens is 250 g/mol. The molecular formula is C16H29N3O. The molecule has 0 bridgehead atoms. The van der Waals surface area contributed by atoms with Crippen LogP contribution in [0.15, 0.2) is 0 Å². The second kappa shape index (κ2) is 6.90. The molecule has 1 saturated heterocycles. The van der Waals surface area contributed by atoms with E-state index in [-0.39, 0.29) is 5.91 Å². The summed E-state index contributed by atoms with van der Waals surface area (Å²) in [6, 6.07) is 1.79. The van der Waals surface area contributed by atoms with Gasteiger partial charge in [0.05, 0.1) is 6.54 Å². The van der Waals surface area contributed by atoms with E-state index >= 15 is 0 Å². The van der Waals surface area contributed by atoms with Crippen LogP contribution >= 0.6 is 0 Å². The van der Waals surface area contributed by atoms with Crippen LogP contribution in [-0.4, -0.2) is 48.6 Å². The van der Waals surface area contributed by atoms with Crippen molar-refractivity contribution in [1.29, 1.82) is 0 Å². The van der Waals surface area contributed by atoms with Crippen molar-refractivity contribution in [3.63, 3.8) is 0 Å². The van der Waals surface area contributed by atoms with E-state index < -0.39 is 0 Å². The molecule has 2 saturated carbocycles. The number of rotatable bonds is 6. The molecule has 1 amide bonds. The predicted octanol–water partition coefficient (Wildman–Crippen LogP) is 1.65. The van der Waals surface area contributed by atoms with Gasteiger partial charge in [0.2, 0.25) is 5.91 Å². The van der Waals surface area contributed by atoms with Crippen LogP contribution < -0.4 is 10.6 Å². The zero-order chi connectivity index (χ0) is 13.8. The van der Waals surface area contributed by atoms with Gasteiger partial charge in [0, 0.05) is 24.7 Å². The molecule has 1 heterocycles. The summed E-state index contributed by atoms with van der Waals surface area (Å²) in [6.45, 7) is 2.77. The lowest BCUT2D eigenvalue weighted by molar-refractivity contribution is -0.123. The Morgan fingerprint density at radius 2 is 1.70 bits per heavy atom. The van der Waals surface area contributed by atoms with Gasteiger partial charge in [-0.2, -0.15) is 0 Å². The third-order valence-corrected chi connectivity index (χ3v) is 5.04. The van der Waals surface area contributed by atoms with Crippen molar-refractivity contribution >= 4 is 5.91 Å². The lowest BCUT2D eigenvalue weighted by atomic mass is 10.0. The van der Waals surface area contributed by atoms with Gasteiger partial charge in [0.1, 0.15) is 0 Å². The van der Waals surface area contributed by atoms with E-state index in [1.165, 1.54) is 57.8 Å². The number of hydrogen-bond acceptors (Lipinski definition) is 3. The van der Waals surface area contributed by atoms with Crippen molar-refractivity contribution in [2.45, 2.75) is 75.9 Å². The first-order chi connectivity index (χ1) is 9.81. The van der Waals surface area contributed by atoms with Gasteiger partial charge >= 0.3 is 0 Å². The Hall–Kier alpha value is -0.610.